The molecule has 1 saturated carbocycles. The minimum atomic E-state index is -1.51. The van der Waals surface area contributed by atoms with E-state index in [1.54, 1.807) is 11.0 Å². The van der Waals surface area contributed by atoms with E-state index in [9.17, 15) is 38.3 Å². The van der Waals surface area contributed by atoms with E-state index in [1.165, 1.54) is 21.9 Å². The number of anilines is 3. The fraction of sp³-hybridized carbons (Fsp3) is 0.529. The third-order valence-corrected chi connectivity index (χ3v) is 10.5. The van der Waals surface area contributed by atoms with E-state index in [0.29, 0.717) is 50.0 Å². The summed E-state index contributed by atoms with van der Waals surface area (Å²) in [5, 5.41) is 15.8. The lowest BCUT2D eigenvalue weighted by Crippen LogP contribution is -2.55. The molecule has 3 amide bonds. The molecule has 4 heterocycles. The van der Waals surface area contributed by atoms with Crippen LogP contribution in [0.3, 0.4) is 0 Å². The van der Waals surface area contributed by atoms with Crippen molar-refractivity contribution in [2.24, 2.45) is 5.92 Å². The molecule has 2 aromatic carbocycles. The third kappa shape index (κ3) is 5.50. The van der Waals surface area contributed by atoms with Crippen LogP contribution in [0.1, 0.15) is 56.9 Å². The van der Waals surface area contributed by atoms with Crippen LogP contribution in [-0.4, -0.2) is 83.8 Å². The number of hydrogen-bond donors (Lipinski definition) is 3. The fourth-order valence-electron chi connectivity index (χ4n) is 7.46. The number of carbonyl (C=O) groups excluding carboxylic acids is 3. The normalized spacial score (nSPS) is 29.5. The second kappa shape index (κ2) is 12.4. The average Bonchev–Trinajstić information content (AvgIpc) is 3.34. The van der Waals surface area contributed by atoms with Crippen molar-refractivity contribution in [3.8, 4) is 0 Å². The standard InChI is InChI=1S/C34H38FN5O8/c35-22-9-6-11-24-21(22)12-15-39(24)33(47)48-20-16-25-30(43)37-34(32(45)46)17-19(34)8-4-2-1-3-5-10-23(31(44)40(25)18-20)36-26-27(29(42)28(26)41)38-13-7-14-38/h4,6,8-9,11,19-20,23,25,36H,1-3,5,7,10,12-18H2,(H,37,43)(H,45,46)/b8-4-/t19-,20+,23-,25-,34+/m0/s1. The number of benzene rings is 1. The van der Waals surface area contributed by atoms with Crippen molar-refractivity contribution in [2.75, 3.05) is 41.3 Å². The highest BCUT2D eigenvalue weighted by Gasteiger charge is 2.61. The molecule has 0 bridgehead atoms. The van der Waals surface area contributed by atoms with Gasteiger partial charge in [-0.3, -0.25) is 24.1 Å². The fourth-order valence-corrected chi connectivity index (χ4v) is 7.46. The summed E-state index contributed by atoms with van der Waals surface area (Å²) in [5.74, 6) is -3.20. The Bertz CT molecular complexity index is 1770. The molecule has 13 nitrogen and oxygen atoms in total. The molecule has 5 aliphatic rings. The summed E-state index contributed by atoms with van der Waals surface area (Å²) >= 11 is 0. The van der Waals surface area contributed by atoms with Gasteiger partial charge in [-0.15, -0.1) is 0 Å². The highest BCUT2D eigenvalue weighted by Crippen LogP contribution is 2.45. The molecule has 3 N–H and O–H groups in total. The van der Waals surface area contributed by atoms with E-state index in [4.69, 9.17) is 4.74 Å². The number of nitrogens with zero attached hydrogens (tertiary/aromatic N) is 3. The Labute approximate surface area is 275 Å². The predicted octanol–water partition coefficient (Wildman–Crippen LogP) is 2.06. The smallest absolute Gasteiger partial charge is 0.414 e. The molecule has 14 heteroatoms. The summed E-state index contributed by atoms with van der Waals surface area (Å²) in [6.45, 7) is 1.32. The van der Waals surface area contributed by atoms with Crippen LogP contribution in [0.25, 0.3) is 0 Å². The molecular weight excluding hydrogens is 625 g/mol. The molecule has 254 valence electrons. The van der Waals surface area contributed by atoms with Crippen molar-refractivity contribution in [1.29, 1.82) is 0 Å². The monoisotopic (exact) mass is 663 g/mol. The molecule has 0 unspecified atom stereocenters. The Hall–Kier alpha value is -4.75. The van der Waals surface area contributed by atoms with Gasteiger partial charge in [-0.25, -0.2) is 14.0 Å². The molecule has 1 aliphatic carbocycles. The van der Waals surface area contributed by atoms with Gasteiger partial charge in [0.15, 0.2) is 0 Å². The number of hydrogen-bond acceptors (Lipinski definition) is 9. The van der Waals surface area contributed by atoms with Crippen LogP contribution in [0.4, 0.5) is 26.2 Å². The number of amides is 3. The summed E-state index contributed by atoms with van der Waals surface area (Å²) in [7, 11) is 0. The Kier molecular flexibility index (Phi) is 8.20. The Morgan fingerprint density at radius 2 is 1.85 bits per heavy atom. The van der Waals surface area contributed by atoms with Crippen molar-refractivity contribution in [1.82, 2.24) is 10.2 Å². The highest BCUT2D eigenvalue weighted by molar-refractivity contribution is 5.97. The molecule has 0 radical (unpaired) electrons. The summed E-state index contributed by atoms with van der Waals surface area (Å²) in [5.41, 5.74) is -1.64. The second-order valence-electron chi connectivity index (χ2n) is 13.4. The number of halogens is 1. The van der Waals surface area contributed by atoms with E-state index >= 15 is 0 Å². The van der Waals surface area contributed by atoms with Crippen LogP contribution in [0.15, 0.2) is 39.9 Å². The zero-order valence-electron chi connectivity index (χ0n) is 26.4. The first-order valence-electron chi connectivity index (χ1n) is 16.7. The summed E-state index contributed by atoms with van der Waals surface area (Å²) < 4.78 is 20.2. The number of aliphatic carboxylic acids is 1. The second-order valence-corrected chi connectivity index (χ2v) is 13.4. The van der Waals surface area contributed by atoms with E-state index < -0.39 is 70.2 Å². The molecule has 3 fully saturated rings. The van der Waals surface area contributed by atoms with Crippen LogP contribution in [0.2, 0.25) is 0 Å². The summed E-state index contributed by atoms with van der Waals surface area (Å²) in [6, 6.07) is 2.32. The molecule has 0 aromatic heterocycles. The zero-order chi connectivity index (χ0) is 33.7. The minimum absolute atomic E-state index is 0.0881. The van der Waals surface area contributed by atoms with Crippen molar-refractivity contribution in [3.63, 3.8) is 0 Å². The topological polar surface area (TPSA) is 166 Å². The third-order valence-electron chi connectivity index (χ3n) is 10.5. The van der Waals surface area contributed by atoms with Crippen LogP contribution in [0.5, 0.6) is 0 Å². The first-order valence-corrected chi connectivity index (χ1v) is 16.7. The number of carboxylic acid groups (broad SMARTS) is 1. The summed E-state index contributed by atoms with van der Waals surface area (Å²) in [4.78, 5) is 83.5. The van der Waals surface area contributed by atoms with Crippen molar-refractivity contribution in [3.05, 3.63) is 62.2 Å². The van der Waals surface area contributed by atoms with Crippen LogP contribution in [0, 0.1) is 11.7 Å². The zero-order valence-corrected chi connectivity index (χ0v) is 26.4. The quantitative estimate of drug-likeness (QED) is 0.319. The van der Waals surface area contributed by atoms with E-state index in [1.807, 2.05) is 12.2 Å². The summed E-state index contributed by atoms with van der Waals surface area (Å²) in [6.07, 6.45) is 6.58. The number of fused-ring (bicyclic) bond motifs is 3. The number of nitrogens with one attached hydrogen (secondary N) is 2. The maximum absolute atomic E-state index is 14.4. The SMILES string of the molecule is O=C1N[C@]2(C(=O)O)C[C@@H]2/C=C\CCCCC[C@H](Nc2c(N3CCC3)c(=O)c2=O)C(=O)N2C[C@H](OC(=O)N3CCc4c(F)cccc43)C[C@@H]12. The van der Waals surface area contributed by atoms with Crippen molar-refractivity contribution < 1.29 is 33.4 Å². The predicted molar refractivity (Wildman–Crippen MR) is 172 cm³/mol. The number of rotatable bonds is 5. The van der Waals surface area contributed by atoms with Crippen LogP contribution < -0.4 is 31.3 Å². The van der Waals surface area contributed by atoms with Crippen LogP contribution >= 0.6 is 0 Å². The van der Waals surface area contributed by atoms with Gasteiger partial charge < -0.3 is 30.3 Å². The van der Waals surface area contributed by atoms with Gasteiger partial charge in [0.1, 0.15) is 40.9 Å². The first-order chi connectivity index (χ1) is 23.1. The van der Waals surface area contributed by atoms with Gasteiger partial charge in [0.25, 0.3) is 10.9 Å². The molecule has 7 rings (SSSR count). The lowest BCUT2D eigenvalue weighted by molar-refractivity contribution is -0.145. The number of carboxylic acids is 1. The Morgan fingerprint density at radius 3 is 2.60 bits per heavy atom. The molecular formula is C34H38FN5O8. The van der Waals surface area contributed by atoms with Crippen molar-refractivity contribution >= 4 is 40.9 Å². The van der Waals surface area contributed by atoms with Gasteiger partial charge in [0.2, 0.25) is 11.8 Å². The molecule has 4 aliphatic heterocycles. The minimum Gasteiger partial charge on any atom is -0.479 e. The van der Waals surface area contributed by atoms with E-state index in [0.717, 1.165) is 19.3 Å². The Morgan fingerprint density at radius 1 is 1.04 bits per heavy atom. The maximum Gasteiger partial charge on any atom is 0.414 e. The number of ether oxygens (including phenoxy) is 1. The Balaban J connectivity index is 1.16. The highest BCUT2D eigenvalue weighted by atomic mass is 19.1. The average molecular weight is 664 g/mol. The van der Waals surface area contributed by atoms with Crippen molar-refractivity contribution in [2.45, 2.75) is 81.5 Å². The van der Waals surface area contributed by atoms with Gasteiger partial charge in [0.05, 0.1) is 12.2 Å². The lowest BCUT2D eigenvalue weighted by Gasteiger charge is -2.36. The van der Waals surface area contributed by atoms with Gasteiger partial charge in [-0.05, 0) is 50.7 Å². The molecule has 0 spiro atoms. The molecule has 48 heavy (non-hydrogen) atoms. The van der Waals surface area contributed by atoms with E-state index in [2.05, 4.69) is 10.6 Å². The molecule has 2 aromatic rings. The largest absolute Gasteiger partial charge is 0.479 e. The molecule has 2 saturated heterocycles. The molecule has 5 atom stereocenters. The first kappa shape index (κ1) is 31.8. The van der Waals surface area contributed by atoms with Gasteiger partial charge >= 0.3 is 12.1 Å². The number of carbonyl (C=O) groups is 4. The van der Waals surface area contributed by atoms with Gasteiger partial charge in [0, 0.05) is 37.5 Å². The lowest BCUT2D eigenvalue weighted by atomic mass is 10.0. The number of allylic oxidation sites excluding steroid dienone is 1. The van der Waals surface area contributed by atoms with Gasteiger partial charge in [-0.1, -0.05) is 31.1 Å². The maximum atomic E-state index is 14.4. The van der Waals surface area contributed by atoms with E-state index in [-0.39, 0.29) is 37.3 Å². The van der Waals surface area contributed by atoms with Gasteiger partial charge in [-0.2, -0.15) is 0 Å². The van der Waals surface area contributed by atoms with Crippen LogP contribution in [-0.2, 0) is 25.5 Å².